The van der Waals surface area contributed by atoms with E-state index in [2.05, 4.69) is 26.1 Å². The zero-order chi connectivity index (χ0) is 9.61. The minimum Gasteiger partial charge on any atom is -0.385 e. The van der Waals surface area contributed by atoms with Gasteiger partial charge in [-0.1, -0.05) is 20.8 Å². The quantitative estimate of drug-likeness (QED) is 0.662. The minimum atomic E-state index is 0.366. The van der Waals surface area contributed by atoms with Crippen LogP contribution in [0.25, 0.3) is 0 Å². The fourth-order valence-corrected chi connectivity index (χ4v) is 1.32. The van der Waals surface area contributed by atoms with E-state index in [0.717, 1.165) is 19.6 Å². The van der Waals surface area contributed by atoms with Gasteiger partial charge >= 0.3 is 0 Å². The molecule has 74 valence electrons. The van der Waals surface area contributed by atoms with E-state index in [1.807, 2.05) is 7.05 Å². The highest BCUT2D eigenvalue weighted by Crippen LogP contribution is 2.29. The maximum atomic E-state index is 5.11. The van der Waals surface area contributed by atoms with Gasteiger partial charge < -0.3 is 10.1 Å². The van der Waals surface area contributed by atoms with Crippen molar-refractivity contribution in [3.63, 3.8) is 0 Å². The van der Waals surface area contributed by atoms with E-state index >= 15 is 0 Å². The van der Waals surface area contributed by atoms with Crippen molar-refractivity contribution >= 4 is 0 Å². The fraction of sp³-hybridized carbons (Fsp3) is 1.00. The summed E-state index contributed by atoms with van der Waals surface area (Å²) in [6.07, 6.45) is 1.13. The van der Waals surface area contributed by atoms with E-state index in [-0.39, 0.29) is 0 Å². The number of rotatable bonds is 6. The fourth-order valence-electron chi connectivity index (χ4n) is 1.32. The highest BCUT2D eigenvalue weighted by Gasteiger charge is 2.26. The van der Waals surface area contributed by atoms with Crippen molar-refractivity contribution in [2.45, 2.75) is 27.2 Å². The maximum absolute atomic E-state index is 5.11. The third kappa shape index (κ3) is 3.55. The van der Waals surface area contributed by atoms with Gasteiger partial charge in [0.2, 0.25) is 0 Å². The SMILES string of the molecule is CNCC(C)(CCOC)C(C)C. The van der Waals surface area contributed by atoms with Crippen LogP contribution in [0.3, 0.4) is 0 Å². The molecule has 0 spiro atoms. The Kier molecular flexibility index (Phi) is 5.51. The van der Waals surface area contributed by atoms with Crippen LogP contribution in [0.4, 0.5) is 0 Å². The van der Waals surface area contributed by atoms with E-state index in [0.29, 0.717) is 11.3 Å². The van der Waals surface area contributed by atoms with Crippen molar-refractivity contribution in [2.75, 3.05) is 27.3 Å². The van der Waals surface area contributed by atoms with Gasteiger partial charge in [0.25, 0.3) is 0 Å². The van der Waals surface area contributed by atoms with Crippen molar-refractivity contribution in [3.8, 4) is 0 Å². The molecule has 12 heavy (non-hydrogen) atoms. The Morgan fingerprint density at radius 1 is 1.42 bits per heavy atom. The van der Waals surface area contributed by atoms with Crippen LogP contribution >= 0.6 is 0 Å². The lowest BCUT2D eigenvalue weighted by Gasteiger charge is -2.33. The Labute approximate surface area is 76.7 Å². The number of hydrogen-bond acceptors (Lipinski definition) is 2. The Hall–Kier alpha value is -0.0800. The van der Waals surface area contributed by atoms with E-state index in [1.165, 1.54) is 0 Å². The molecule has 0 aromatic rings. The van der Waals surface area contributed by atoms with E-state index in [9.17, 15) is 0 Å². The first-order valence-corrected chi connectivity index (χ1v) is 4.70. The average Bonchev–Trinajstić information content (AvgIpc) is 2.01. The second-order valence-electron chi connectivity index (χ2n) is 4.08. The van der Waals surface area contributed by atoms with Crippen LogP contribution in [0.15, 0.2) is 0 Å². The highest BCUT2D eigenvalue weighted by atomic mass is 16.5. The zero-order valence-corrected chi connectivity index (χ0v) is 9.11. The third-order valence-electron chi connectivity index (χ3n) is 2.85. The monoisotopic (exact) mass is 173 g/mol. The molecular weight excluding hydrogens is 150 g/mol. The van der Waals surface area contributed by atoms with Crippen molar-refractivity contribution in [1.29, 1.82) is 0 Å². The second kappa shape index (κ2) is 5.55. The van der Waals surface area contributed by atoms with Crippen LogP contribution in [-0.4, -0.2) is 27.3 Å². The second-order valence-corrected chi connectivity index (χ2v) is 4.08. The lowest BCUT2D eigenvalue weighted by Crippen LogP contribution is -2.35. The normalized spacial score (nSPS) is 16.5. The molecule has 0 aliphatic carbocycles. The zero-order valence-electron chi connectivity index (χ0n) is 9.11. The molecule has 0 saturated carbocycles. The van der Waals surface area contributed by atoms with Crippen molar-refractivity contribution in [3.05, 3.63) is 0 Å². The molecule has 1 unspecified atom stereocenters. The summed E-state index contributed by atoms with van der Waals surface area (Å²) in [5.41, 5.74) is 0.366. The van der Waals surface area contributed by atoms with Gasteiger partial charge in [-0.2, -0.15) is 0 Å². The largest absolute Gasteiger partial charge is 0.385 e. The standard InChI is InChI=1S/C10H23NO/c1-9(2)10(3,8-11-4)6-7-12-5/h9,11H,6-8H2,1-5H3. The molecule has 0 radical (unpaired) electrons. The van der Waals surface area contributed by atoms with Gasteiger partial charge in [0.15, 0.2) is 0 Å². The van der Waals surface area contributed by atoms with E-state index in [4.69, 9.17) is 4.74 Å². The van der Waals surface area contributed by atoms with Crippen molar-refractivity contribution < 1.29 is 4.74 Å². The van der Waals surface area contributed by atoms with Crippen LogP contribution in [0, 0.1) is 11.3 Å². The predicted molar refractivity (Wildman–Crippen MR) is 53.4 cm³/mol. The summed E-state index contributed by atoms with van der Waals surface area (Å²) >= 11 is 0. The molecule has 1 N–H and O–H groups in total. The number of hydrogen-bond donors (Lipinski definition) is 1. The Morgan fingerprint density at radius 3 is 2.33 bits per heavy atom. The lowest BCUT2D eigenvalue weighted by atomic mass is 9.76. The summed E-state index contributed by atoms with van der Waals surface area (Å²) in [4.78, 5) is 0. The average molecular weight is 173 g/mol. The van der Waals surface area contributed by atoms with Crippen molar-refractivity contribution in [1.82, 2.24) is 5.32 Å². The first-order valence-electron chi connectivity index (χ1n) is 4.70. The molecule has 0 aromatic carbocycles. The Bertz CT molecular complexity index is 114. The molecule has 0 aromatic heterocycles. The van der Waals surface area contributed by atoms with E-state index < -0.39 is 0 Å². The smallest absolute Gasteiger partial charge is 0.0468 e. The van der Waals surface area contributed by atoms with Gasteiger partial charge in [0.1, 0.15) is 0 Å². The molecule has 0 rings (SSSR count). The Morgan fingerprint density at radius 2 is 2.00 bits per heavy atom. The van der Waals surface area contributed by atoms with Crippen LogP contribution in [0.1, 0.15) is 27.2 Å². The molecule has 0 fully saturated rings. The third-order valence-corrected chi connectivity index (χ3v) is 2.85. The topological polar surface area (TPSA) is 21.3 Å². The first-order chi connectivity index (χ1) is 5.56. The van der Waals surface area contributed by atoms with Crippen LogP contribution < -0.4 is 5.32 Å². The van der Waals surface area contributed by atoms with Crippen LogP contribution in [0.2, 0.25) is 0 Å². The van der Waals surface area contributed by atoms with Gasteiger partial charge in [-0.05, 0) is 24.8 Å². The molecule has 0 saturated heterocycles. The van der Waals surface area contributed by atoms with E-state index in [1.54, 1.807) is 7.11 Å². The maximum Gasteiger partial charge on any atom is 0.0468 e. The summed E-state index contributed by atoms with van der Waals surface area (Å²) in [7, 11) is 3.77. The molecular formula is C10H23NO. The molecule has 2 nitrogen and oxygen atoms in total. The van der Waals surface area contributed by atoms with Gasteiger partial charge in [0, 0.05) is 20.3 Å². The lowest BCUT2D eigenvalue weighted by molar-refractivity contribution is 0.113. The highest BCUT2D eigenvalue weighted by molar-refractivity contribution is 4.79. The summed E-state index contributed by atoms with van der Waals surface area (Å²) in [5, 5.41) is 3.24. The van der Waals surface area contributed by atoms with Crippen LogP contribution in [0.5, 0.6) is 0 Å². The number of methoxy groups -OCH3 is 1. The van der Waals surface area contributed by atoms with Crippen molar-refractivity contribution in [2.24, 2.45) is 11.3 Å². The molecule has 2 heteroatoms. The Balaban J connectivity index is 3.99. The van der Waals surface area contributed by atoms with Gasteiger partial charge in [-0.25, -0.2) is 0 Å². The minimum absolute atomic E-state index is 0.366. The van der Waals surface area contributed by atoms with Crippen LogP contribution in [-0.2, 0) is 4.74 Å². The first kappa shape index (κ1) is 11.9. The molecule has 0 aliphatic heterocycles. The molecule has 1 atom stereocenters. The predicted octanol–water partition coefficient (Wildman–Crippen LogP) is 1.90. The molecule has 0 heterocycles. The summed E-state index contributed by atoms with van der Waals surface area (Å²) in [6, 6.07) is 0. The molecule has 0 aliphatic rings. The summed E-state index contributed by atoms with van der Waals surface area (Å²) in [5.74, 6) is 0.695. The van der Waals surface area contributed by atoms with Gasteiger partial charge in [-0.3, -0.25) is 0 Å². The number of ether oxygens (including phenoxy) is 1. The van der Waals surface area contributed by atoms with Gasteiger partial charge in [-0.15, -0.1) is 0 Å². The number of nitrogens with one attached hydrogen (secondary N) is 1. The summed E-state index contributed by atoms with van der Waals surface area (Å²) in [6.45, 7) is 8.78. The summed E-state index contributed by atoms with van der Waals surface area (Å²) < 4.78 is 5.11. The molecule has 0 bridgehead atoms. The van der Waals surface area contributed by atoms with Gasteiger partial charge in [0.05, 0.1) is 0 Å². The molecule has 0 amide bonds.